The van der Waals surface area contributed by atoms with Crippen LogP contribution in [-0.2, 0) is 0 Å². The zero-order valence-corrected chi connectivity index (χ0v) is 14.1. The van der Waals surface area contributed by atoms with Crippen molar-refractivity contribution in [3.05, 3.63) is 11.1 Å². The standard InChI is InChI=1S/C20H36/c1-3-4-5-6-7-8-9-10-11-12-13-18-15-14-17(2)19-16-20(18)19/h17-18H,3-16H2,1-2H3. The zero-order valence-electron chi connectivity index (χ0n) is 14.1. The van der Waals surface area contributed by atoms with Gasteiger partial charge in [0.1, 0.15) is 0 Å². The van der Waals surface area contributed by atoms with Gasteiger partial charge in [-0.15, -0.1) is 0 Å². The first kappa shape index (κ1) is 16.1. The zero-order chi connectivity index (χ0) is 14.2. The first-order valence-electron chi connectivity index (χ1n) is 9.54. The van der Waals surface area contributed by atoms with Crippen molar-refractivity contribution in [3.8, 4) is 0 Å². The van der Waals surface area contributed by atoms with Crippen molar-refractivity contribution in [2.24, 2.45) is 11.8 Å². The van der Waals surface area contributed by atoms with Crippen molar-refractivity contribution < 1.29 is 0 Å². The molecule has 0 heterocycles. The topological polar surface area (TPSA) is 0 Å². The lowest BCUT2D eigenvalue weighted by Gasteiger charge is -2.19. The van der Waals surface area contributed by atoms with E-state index in [0.717, 1.165) is 11.8 Å². The molecular weight excluding hydrogens is 240 g/mol. The molecule has 0 bridgehead atoms. The maximum absolute atomic E-state index is 2.43. The van der Waals surface area contributed by atoms with Crippen molar-refractivity contribution in [1.82, 2.24) is 0 Å². The molecule has 0 aromatic rings. The van der Waals surface area contributed by atoms with Crippen molar-refractivity contribution in [1.29, 1.82) is 0 Å². The van der Waals surface area contributed by atoms with Gasteiger partial charge in [-0.1, -0.05) is 89.2 Å². The minimum atomic E-state index is 0.939. The third-order valence-corrected chi connectivity index (χ3v) is 5.61. The van der Waals surface area contributed by atoms with E-state index in [-0.39, 0.29) is 0 Å². The lowest BCUT2D eigenvalue weighted by atomic mass is 9.86. The Bertz CT molecular complexity index is 299. The lowest BCUT2D eigenvalue weighted by molar-refractivity contribution is 0.431. The van der Waals surface area contributed by atoms with Crippen LogP contribution in [0.1, 0.15) is 104 Å². The second-order valence-electron chi connectivity index (χ2n) is 7.37. The normalized spacial score (nSPS) is 24.9. The van der Waals surface area contributed by atoms with Crippen LogP contribution in [0.2, 0.25) is 0 Å². The van der Waals surface area contributed by atoms with Crippen LogP contribution < -0.4 is 0 Å². The molecule has 0 aliphatic heterocycles. The van der Waals surface area contributed by atoms with Crippen LogP contribution in [0.3, 0.4) is 0 Å². The summed E-state index contributed by atoms with van der Waals surface area (Å²) in [6, 6.07) is 0. The van der Waals surface area contributed by atoms with Crippen LogP contribution in [0, 0.1) is 11.8 Å². The number of hydrogen-bond donors (Lipinski definition) is 0. The van der Waals surface area contributed by atoms with Gasteiger partial charge < -0.3 is 0 Å². The third-order valence-electron chi connectivity index (χ3n) is 5.61. The molecule has 2 unspecified atom stereocenters. The Labute approximate surface area is 127 Å². The quantitative estimate of drug-likeness (QED) is 0.280. The van der Waals surface area contributed by atoms with E-state index in [4.69, 9.17) is 0 Å². The molecular formula is C20H36. The summed E-state index contributed by atoms with van der Waals surface area (Å²) in [5, 5.41) is 0. The highest BCUT2D eigenvalue weighted by atomic mass is 14.4. The van der Waals surface area contributed by atoms with Gasteiger partial charge in [0.15, 0.2) is 0 Å². The second-order valence-corrected chi connectivity index (χ2v) is 7.37. The molecule has 0 nitrogen and oxygen atoms in total. The van der Waals surface area contributed by atoms with Crippen LogP contribution in [0.5, 0.6) is 0 Å². The van der Waals surface area contributed by atoms with Gasteiger partial charge >= 0.3 is 0 Å². The van der Waals surface area contributed by atoms with Gasteiger partial charge in [0.05, 0.1) is 0 Å². The number of hydrogen-bond acceptors (Lipinski definition) is 0. The van der Waals surface area contributed by atoms with E-state index in [1.165, 1.54) is 89.9 Å². The van der Waals surface area contributed by atoms with Crippen LogP contribution in [0.15, 0.2) is 11.1 Å². The van der Waals surface area contributed by atoms with E-state index in [1.807, 2.05) is 11.1 Å². The molecule has 0 N–H and O–H groups in total. The molecule has 116 valence electrons. The number of unbranched alkanes of at least 4 members (excludes halogenated alkanes) is 9. The summed E-state index contributed by atoms with van der Waals surface area (Å²) in [5.41, 5.74) is 3.74. The van der Waals surface area contributed by atoms with Crippen LogP contribution in [-0.4, -0.2) is 0 Å². The molecule has 2 rings (SSSR count). The Balaban J connectivity index is 1.38. The van der Waals surface area contributed by atoms with Crippen LogP contribution in [0.4, 0.5) is 0 Å². The summed E-state index contributed by atoms with van der Waals surface area (Å²) in [5.74, 6) is 1.95. The van der Waals surface area contributed by atoms with E-state index >= 15 is 0 Å². The van der Waals surface area contributed by atoms with Crippen LogP contribution in [0.25, 0.3) is 0 Å². The van der Waals surface area contributed by atoms with E-state index in [0.29, 0.717) is 0 Å². The summed E-state index contributed by atoms with van der Waals surface area (Å²) in [7, 11) is 0. The molecule has 0 saturated carbocycles. The van der Waals surface area contributed by atoms with Gasteiger partial charge in [0, 0.05) is 0 Å². The highest BCUT2D eigenvalue weighted by Gasteiger charge is 2.35. The first-order chi connectivity index (χ1) is 9.83. The molecule has 0 aromatic heterocycles. The van der Waals surface area contributed by atoms with E-state index in [2.05, 4.69) is 13.8 Å². The molecule has 0 aromatic carbocycles. The molecule has 20 heavy (non-hydrogen) atoms. The Morgan fingerprint density at radius 2 is 1.35 bits per heavy atom. The summed E-state index contributed by atoms with van der Waals surface area (Å²) in [6.45, 7) is 4.73. The molecule has 0 radical (unpaired) electrons. The molecule has 0 spiro atoms. The SMILES string of the molecule is CCCCCCCCCCCCC1CCC(C)C2=C1C2. The minimum Gasteiger partial charge on any atom is -0.0654 e. The molecule has 0 saturated heterocycles. The summed E-state index contributed by atoms with van der Waals surface area (Å²) in [6.07, 6.45) is 20.6. The van der Waals surface area contributed by atoms with E-state index < -0.39 is 0 Å². The van der Waals surface area contributed by atoms with Gasteiger partial charge in [-0.05, 0) is 37.5 Å². The molecule has 2 aliphatic rings. The fourth-order valence-corrected chi connectivity index (χ4v) is 4.05. The summed E-state index contributed by atoms with van der Waals surface area (Å²) in [4.78, 5) is 0. The molecule has 0 heteroatoms. The second kappa shape index (κ2) is 8.90. The Hall–Kier alpha value is -0.260. The Kier molecular flexibility index (Phi) is 7.17. The highest BCUT2D eigenvalue weighted by molar-refractivity contribution is 5.40. The predicted octanol–water partition coefficient (Wildman–Crippen LogP) is 7.04. The van der Waals surface area contributed by atoms with Crippen molar-refractivity contribution >= 4 is 0 Å². The number of allylic oxidation sites excluding steroid dienone is 2. The highest BCUT2D eigenvalue weighted by Crippen LogP contribution is 2.51. The maximum atomic E-state index is 2.43. The summed E-state index contributed by atoms with van der Waals surface area (Å²) < 4.78 is 0. The van der Waals surface area contributed by atoms with Gasteiger partial charge in [0.2, 0.25) is 0 Å². The van der Waals surface area contributed by atoms with Gasteiger partial charge in [0.25, 0.3) is 0 Å². The average Bonchev–Trinajstić information content (AvgIpc) is 3.24. The van der Waals surface area contributed by atoms with E-state index in [1.54, 1.807) is 0 Å². The van der Waals surface area contributed by atoms with Gasteiger partial charge in [-0.3, -0.25) is 0 Å². The average molecular weight is 277 g/mol. The van der Waals surface area contributed by atoms with Crippen molar-refractivity contribution in [2.75, 3.05) is 0 Å². The fourth-order valence-electron chi connectivity index (χ4n) is 4.05. The maximum Gasteiger partial charge on any atom is -0.00972 e. The predicted molar refractivity (Wildman–Crippen MR) is 90.0 cm³/mol. The molecule has 0 amide bonds. The smallest absolute Gasteiger partial charge is 0.00972 e. The van der Waals surface area contributed by atoms with Gasteiger partial charge in [-0.25, -0.2) is 0 Å². The van der Waals surface area contributed by atoms with Gasteiger partial charge in [-0.2, -0.15) is 0 Å². The Morgan fingerprint density at radius 3 is 2.00 bits per heavy atom. The summed E-state index contributed by atoms with van der Waals surface area (Å²) >= 11 is 0. The van der Waals surface area contributed by atoms with E-state index in [9.17, 15) is 0 Å². The monoisotopic (exact) mass is 276 g/mol. The van der Waals surface area contributed by atoms with Crippen molar-refractivity contribution in [3.63, 3.8) is 0 Å². The third kappa shape index (κ3) is 5.26. The van der Waals surface area contributed by atoms with Crippen molar-refractivity contribution in [2.45, 2.75) is 104 Å². The molecule has 2 aliphatic carbocycles. The lowest BCUT2D eigenvalue weighted by Crippen LogP contribution is -2.06. The minimum absolute atomic E-state index is 0.939. The molecule has 2 atom stereocenters. The Morgan fingerprint density at radius 1 is 0.750 bits per heavy atom. The van der Waals surface area contributed by atoms with Crippen LogP contribution >= 0.6 is 0 Å². The first-order valence-corrected chi connectivity index (χ1v) is 9.54. The fraction of sp³-hybridized carbons (Fsp3) is 0.900. The molecule has 0 fully saturated rings. The largest absolute Gasteiger partial charge is 0.0654 e. The number of rotatable bonds is 11.